The molecule has 2 unspecified atom stereocenters. The Morgan fingerprint density at radius 1 is 1.33 bits per heavy atom. The van der Waals surface area contributed by atoms with Crippen LogP contribution in [0.4, 0.5) is 4.79 Å². The molecule has 1 aromatic rings. The summed E-state index contributed by atoms with van der Waals surface area (Å²) in [5.41, 5.74) is 6.54. The van der Waals surface area contributed by atoms with Gasteiger partial charge in [0, 0.05) is 24.2 Å². The lowest BCUT2D eigenvalue weighted by atomic mass is 9.99. The van der Waals surface area contributed by atoms with Crippen LogP contribution >= 0.6 is 0 Å². The van der Waals surface area contributed by atoms with Gasteiger partial charge in [0.1, 0.15) is 0 Å². The third-order valence-electron chi connectivity index (χ3n) is 3.76. The van der Waals surface area contributed by atoms with Gasteiger partial charge in [-0.2, -0.15) is 0 Å². The molecule has 2 rings (SSSR count). The number of urea groups is 1. The second-order valence-corrected chi connectivity index (χ2v) is 5.38. The van der Waals surface area contributed by atoms with Gasteiger partial charge in [0.25, 0.3) is 5.91 Å². The number of piperidine rings is 1. The van der Waals surface area contributed by atoms with E-state index in [0.717, 1.165) is 24.9 Å². The summed E-state index contributed by atoms with van der Waals surface area (Å²) in [4.78, 5) is 22.8. The van der Waals surface area contributed by atoms with Gasteiger partial charge in [-0.05, 0) is 44.0 Å². The predicted molar refractivity (Wildman–Crippen MR) is 80.8 cm³/mol. The maximum absolute atomic E-state index is 12.2. The van der Waals surface area contributed by atoms with Crippen molar-refractivity contribution in [2.75, 3.05) is 6.54 Å². The van der Waals surface area contributed by atoms with Crippen molar-refractivity contribution in [3.63, 3.8) is 0 Å². The number of nitrogens with one attached hydrogen (secondary N) is 3. The summed E-state index contributed by atoms with van der Waals surface area (Å²) >= 11 is 0. The molecule has 0 saturated carbocycles. The van der Waals surface area contributed by atoms with Crippen molar-refractivity contribution in [2.45, 2.75) is 38.4 Å². The van der Waals surface area contributed by atoms with Gasteiger partial charge in [0.15, 0.2) is 0 Å². The first kappa shape index (κ1) is 15.3. The van der Waals surface area contributed by atoms with Crippen molar-refractivity contribution in [2.24, 2.45) is 5.73 Å². The zero-order chi connectivity index (χ0) is 15.2. The Hall–Kier alpha value is -2.08. The second-order valence-electron chi connectivity index (χ2n) is 5.38. The monoisotopic (exact) mass is 290 g/mol. The molecule has 21 heavy (non-hydrogen) atoms. The lowest BCUT2D eigenvalue weighted by Crippen LogP contribution is -2.51. The van der Waals surface area contributed by atoms with Gasteiger partial charge < -0.3 is 21.7 Å². The molecule has 2 atom stereocenters. The number of rotatable bonds is 4. The van der Waals surface area contributed by atoms with Crippen LogP contribution in [0.5, 0.6) is 0 Å². The highest BCUT2D eigenvalue weighted by Gasteiger charge is 2.22. The third kappa shape index (κ3) is 4.46. The molecule has 5 N–H and O–H groups in total. The minimum Gasteiger partial charge on any atom is -0.352 e. The fourth-order valence-electron chi connectivity index (χ4n) is 2.46. The summed E-state index contributed by atoms with van der Waals surface area (Å²) in [5.74, 6) is -0.0649. The summed E-state index contributed by atoms with van der Waals surface area (Å²) < 4.78 is 0. The van der Waals surface area contributed by atoms with Gasteiger partial charge in [-0.3, -0.25) is 4.79 Å². The topological polar surface area (TPSA) is 96.2 Å². The SMILES string of the molecule is CC1NCCCC1NC(=O)c1ccc(CNC(N)=O)cc1. The van der Waals surface area contributed by atoms with Gasteiger partial charge in [-0.25, -0.2) is 4.79 Å². The molecule has 0 spiro atoms. The summed E-state index contributed by atoms with van der Waals surface area (Å²) in [6.45, 7) is 3.46. The van der Waals surface area contributed by atoms with Crippen LogP contribution in [0.25, 0.3) is 0 Å². The Balaban J connectivity index is 1.91. The standard InChI is InChI=1S/C15H22N4O2/c1-10-13(3-2-8-17-10)19-14(20)12-6-4-11(5-7-12)9-18-15(16)21/h4-7,10,13,17H,2-3,8-9H2,1H3,(H,19,20)(H3,16,18,21). The van der Waals surface area contributed by atoms with E-state index in [2.05, 4.69) is 22.9 Å². The first-order valence-corrected chi connectivity index (χ1v) is 7.23. The van der Waals surface area contributed by atoms with E-state index in [1.165, 1.54) is 0 Å². The van der Waals surface area contributed by atoms with Crippen LogP contribution < -0.4 is 21.7 Å². The highest BCUT2D eigenvalue weighted by molar-refractivity contribution is 5.94. The summed E-state index contributed by atoms with van der Waals surface area (Å²) in [6, 6.07) is 7.04. The largest absolute Gasteiger partial charge is 0.352 e. The number of benzene rings is 1. The normalized spacial score (nSPS) is 21.6. The maximum atomic E-state index is 12.2. The Kier molecular flexibility index (Phi) is 5.16. The van der Waals surface area contributed by atoms with E-state index < -0.39 is 6.03 Å². The summed E-state index contributed by atoms with van der Waals surface area (Å²) in [5, 5.41) is 8.93. The highest BCUT2D eigenvalue weighted by Crippen LogP contribution is 2.10. The molecule has 3 amide bonds. The average molecular weight is 290 g/mol. The fourth-order valence-corrected chi connectivity index (χ4v) is 2.46. The van der Waals surface area contributed by atoms with Crippen LogP contribution in [0.3, 0.4) is 0 Å². The van der Waals surface area contributed by atoms with E-state index in [4.69, 9.17) is 5.73 Å². The lowest BCUT2D eigenvalue weighted by molar-refractivity contribution is 0.0920. The van der Waals surface area contributed by atoms with Crippen molar-refractivity contribution < 1.29 is 9.59 Å². The molecule has 0 aromatic heterocycles. The highest BCUT2D eigenvalue weighted by atomic mass is 16.2. The molecule has 0 radical (unpaired) electrons. The number of carbonyl (C=O) groups is 2. The summed E-state index contributed by atoms with van der Waals surface area (Å²) in [6.07, 6.45) is 2.08. The molecule has 114 valence electrons. The van der Waals surface area contributed by atoms with E-state index in [1.54, 1.807) is 12.1 Å². The molecule has 1 aromatic carbocycles. The van der Waals surface area contributed by atoms with Crippen molar-refractivity contribution in [3.8, 4) is 0 Å². The van der Waals surface area contributed by atoms with Gasteiger partial charge >= 0.3 is 6.03 Å². The van der Waals surface area contributed by atoms with E-state index in [0.29, 0.717) is 18.2 Å². The molecule has 6 nitrogen and oxygen atoms in total. The second kappa shape index (κ2) is 7.08. The Morgan fingerprint density at radius 2 is 2.05 bits per heavy atom. The van der Waals surface area contributed by atoms with Crippen LogP contribution in [0, 0.1) is 0 Å². The Morgan fingerprint density at radius 3 is 2.67 bits per heavy atom. The number of amides is 3. The number of nitrogens with two attached hydrogens (primary N) is 1. The van der Waals surface area contributed by atoms with Crippen molar-refractivity contribution in [1.29, 1.82) is 0 Å². The van der Waals surface area contributed by atoms with Gasteiger partial charge in [0.05, 0.1) is 0 Å². The van der Waals surface area contributed by atoms with E-state index in [1.807, 2.05) is 12.1 Å². The van der Waals surface area contributed by atoms with Gasteiger partial charge in [-0.1, -0.05) is 12.1 Å². The molecule has 1 saturated heterocycles. The van der Waals surface area contributed by atoms with E-state index >= 15 is 0 Å². The van der Waals surface area contributed by atoms with E-state index in [-0.39, 0.29) is 11.9 Å². The number of primary amides is 1. The Labute approximate surface area is 124 Å². The van der Waals surface area contributed by atoms with Crippen molar-refractivity contribution in [3.05, 3.63) is 35.4 Å². The molecular formula is C15H22N4O2. The van der Waals surface area contributed by atoms with Crippen molar-refractivity contribution in [1.82, 2.24) is 16.0 Å². The first-order valence-electron chi connectivity index (χ1n) is 7.23. The van der Waals surface area contributed by atoms with Crippen LogP contribution in [-0.4, -0.2) is 30.6 Å². The summed E-state index contributed by atoms with van der Waals surface area (Å²) in [7, 11) is 0. The third-order valence-corrected chi connectivity index (χ3v) is 3.76. The molecular weight excluding hydrogens is 268 g/mol. The van der Waals surface area contributed by atoms with Gasteiger partial charge in [0.2, 0.25) is 0 Å². The van der Waals surface area contributed by atoms with Gasteiger partial charge in [-0.15, -0.1) is 0 Å². The number of carbonyl (C=O) groups excluding carboxylic acids is 2. The fraction of sp³-hybridized carbons (Fsp3) is 0.467. The zero-order valence-corrected chi connectivity index (χ0v) is 12.2. The average Bonchev–Trinajstić information content (AvgIpc) is 2.48. The molecule has 6 heteroatoms. The molecule has 1 heterocycles. The molecule has 1 fully saturated rings. The van der Waals surface area contributed by atoms with Crippen LogP contribution in [0.2, 0.25) is 0 Å². The van der Waals surface area contributed by atoms with Crippen LogP contribution in [0.15, 0.2) is 24.3 Å². The van der Waals surface area contributed by atoms with Crippen molar-refractivity contribution >= 4 is 11.9 Å². The Bertz CT molecular complexity index is 501. The molecule has 0 aliphatic carbocycles. The van der Waals surface area contributed by atoms with E-state index in [9.17, 15) is 9.59 Å². The molecule has 1 aliphatic rings. The zero-order valence-electron chi connectivity index (χ0n) is 12.2. The quantitative estimate of drug-likeness (QED) is 0.658. The minimum absolute atomic E-state index is 0.0649. The minimum atomic E-state index is -0.560. The smallest absolute Gasteiger partial charge is 0.312 e. The van der Waals surface area contributed by atoms with Crippen LogP contribution in [0.1, 0.15) is 35.7 Å². The first-order chi connectivity index (χ1) is 10.1. The van der Waals surface area contributed by atoms with Crippen LogP contribution in [-0.2, 0) is 6.54 Å². The predicted octanol–water partition coefficient (Wildman–Crippen LogP) is 0.725. The number of hydrogen-bond donors (Lipinski definition) is 4. The maximum Gasteiger partial charge on any atom is 0.312 e. The number of hydrogen-bond acceptors (Lipinski definition) is 3. The molecule has 0 bridgehead atoms. The lowest BCUT2D eigenvalue weighted by Gasteiger charge is -2.30. The molecule has 1 aliphatic heterocycles.